The molecule has 0 bridgehead atoms. The van der Waals surface area contributed by atoms with Gasteiger partial charge in [0.05, 0.1) is 12.1 Å². The average Bonchev–Trinajstić information content (AvgIpc) is 2.79. The first kappa shape index (κ1) is 25.1. The number of nitrogens with one attached hydrogen (secondary N) is 1. The maximum absolute atomic E-state index is 13.1. The minimum atomic E-state index is -4.37. The van der Waals surface area contributed by atoms with E-state index in [2.05, 4.69) is 23.2 Å². The number of fused-ring (bicyclic) bond motifs is 1. The second-order valence-corrected chi connectivity index (χ2v) is 8.73. The maximum atomic E-state index is 13.1. The number of hydrogen-bond donors (Lipinski definition) is 1. The molecule has 0 atom stereocenters. The van der Waals surface area contributed by atoms with Crippen LogP contribution < -0.4 is 5.32 Å². The molecule has 1 heterocycles. The highest BCUT2D eigenvalue weighted by molar-refractivity contribution is 5.81. The lowest BCUT2D eigenvalue weighted by atomic mass is 9.98. The lowest BCUT2D eigenvalue weighted by Crippen LogP contribution is -2.39. The summed E-state index contributed by atoms with van der Waals surface area (Å²) in [5.41, 5.74) is 3.51. The molecule has 0 aliphatic carbocycles. The van der Waals surface area contributed by atoms with Gasteiger partial charge in [-0.1, -0.05) is 31.2 Å². The van der Waals surface area contributed by atoms with E-state index in [4.69, 9.17) is 0 Å². The van der Waals surface area contributed by atoms with Gasteiger partial charge in [0, 0.05) is 38.4 Å². The first-order valence-electron chi connectivity index (χ1n) is 11.3. The smallest absolute Gasteiger partial charge is 0.376 e. The van der Waals surface area contributed by atoms with E-state index in [1.54, 1.807) is 4.90 Å². The van der Waals surface area contributed by atoms with Crippen LogP contribution in [0.5, 0.6) is 0 Å². The van der Waals surface area contributed by atoms with Crippen molar-refractivity contribution >= 4 is 11.6 Å². The molecule has 0 unspecified atom stereocenters. The second-order valence-electron chi connectivity index (χ2n) is 8.73. The molecule has 0 saturated carbocycles. The quantitative estimate of drug-likeness (QED) is 0.610. The Balaban J connectivity index is 1.69. The van der Waals surface area contributed by atoms with Gasteiger partial charge in [0.2, 0.25) is 5.91 Å². The molecule has 33 heavy (non-hydrogen) atoms. The number of likely N-dealkylation sites (N-methyl/N-ethyl adjacent to an activating group) is 2. The van der Waals surface area contributed by atoms with Crippen LogP contribution in [0.3, 0.4) is 0 Å². The number of nitrogens with zero attached hydrogens (tertiary/aromatic N) is 3. The van der Waals surface area contributed by atoms with Gasteiger partial charge in [-0.15, -0.1) is 0 Å². The van der Waals surface area contributed by atoms with Crippen LogP contribution >= 0.6 is 0 Å². The maximum Gasteiger partial charge on any atom is 0.416 e. The Kier molecular flexibility index (Phi) is 8.37. The predicted molar refractivity (Wildman–Crippen MR) is 125 cm³/mol. The molecule has 0 spiro atoms. The third kappa shape index (κ3) is 6.95. The van der Waals surface area contributed by atoms with E-state index in [1.165, 1.54) is 23.3 Å². The van der Waals surface area contributed by atoms with Crippen LogP contribution in [-0.2, 0) is 30.5 Å². The largest absolute Gasteiger partial charge is 0.416 e. The van der Waals surface area contributed by atoms with E-state index in [0.717, 1.165) is 43.9 Å². The molecule has 2 aromatic rings. The van der Waals surface area contributed by atoms with Crippen LogP contribution in [0.15, 0.2) is 42.5 Å². The van der Waals surface area contributed by atoms with Gasteiger partial charge in [-0.2, -0.15) is 13.2 Å². The number of alkyl halides is 3. The second kappa shape index (κ2) is 11.0. The fourth-order valence-corrected chi connectivity index (χ4v) is 3.99. The fraction of sp³-hybridized carbons (Fsp3) is 0.480. The average molecular weight is 463 g/mol. The minimum Gasteiger partial charge on any atom is -0.376 e. The predicted octanol–water partition coefficient (Wildman–Crippen LogP) is 4.09. The number of hydrogen-bond acceptors (Lipinski definition) is 4. The van der Waals surface area contributed by atoms with Gasteiger partial charge >= 0.3 is 6.18 Å². The van der Waals surface area contributed by atoms with Crippen LogP contribution in [-0.4, -0.2) is 67.4 Å². The number of anilines is 1. The Morgan fingerprint density at radius 3 is 2.45 bits per heavy atom. The highest BCUT2D eigenvalue weighted by atomic mass is 19.4. The Labute approximate surface area is 194 Å². The van der Waals surface area contributed by atoms with Gasteiger partial charge in [-0.05, 0) is 62.0 Å². The fourth-order valence-electron chi connectivity index (χ4n) is 3.99. The van der Waals surface area contributed by atoms with Gasteiger partial charge in [0.1, 0.15) is 0 Å². The van der Waals surface area contributed by atoms with Crippen molar-refractivity contribution in [1.29, 1.82) is 0 Å². The van der Waals surface area contributed by atoms with Crippen LogP contribution in [0.1, 0.15) is 29.2 Å². The summed E-state index contributed by atoms with van der Waals surface area (Å²) >= 11 is 0. The van der Waals surface area contributed by atoms with Gasteiger partial charge in [0.15, 0.2) is 0 Å². The zero-order valence-corrected chi connectivity index (χ0v) is 19.6. The minimum absolute atomic E-state index is 0.0856. The van der Waals surface area contributed by atoms with E-state index >= 15 is 0 Å². The summed E-state index contributed by atoms with van der Waals surface area (Å²) in [7, 11) is 3.85. The summed E-state index contributed by atoms with van der Waals surface area (Å²) in [5.74, 6) is -0.0856. The van der Waals surface area contributed by atoms with E-state index in [9.17, 15) is 18.0 Å². The van der Waals surface area contributed by atoms with Crippen LogP contribution in [0.4, 0.5) is 18.9 Å². The van der Waals surface area contributed by atoms with Gasteiger partial charge in [-0.3, -0.25) is 9.69 Å². The zero-order chi connectivity index (χ0) is 24.0. The summed E-state index contributed by atoms with van der Waals surface area (Å²) < 4.78 is 38.6. The summed E-state index contributed by atoms with van der Waals surface area (Å²) in [6.07, 6.45) is -3.37. The van der Waals surface area contributed by atoms with Crippen molar-refractivity contribution in [3.63, 3.8) is 0 Å². The van der Waals surface area contributed by atoms with E-state index in [-0.39, 0.29) is 19.0 Å². The molecular formula is C25H33F3N4O. The summed E-state index contributed by atoms with van der Waals surface area (Å²) in [6.45, 7) is 6.59. The Morgan fingerprint density at radius 1 is 1.09 bits per heavy atom. The van der Waals surface area contributed by atoms with E-state index in [1.807, 2.05) is 31.1 Å². The van der Waals surface area contributed by atoms with Gasteiger partial charge in [0.25, 0.3) is 0 Å². The standard InChI is InChI=1S/C25H33F3N4O/c1-4-31-13-12-20-6-5-7-23(22(20)18-31)29-16-24(33)32(15-14-30(2)3)17-19-8-10-21(11-9-19)25(26,27)28/h5-11,29H,4,12-18H2,1-3H3. The number of halogens is 3. The van der Waals surface area contributed by atoms with Crippen molar-refractivity contribution in [2.24, 2.45) is 0 Å². The van der Waals surface area contributed by atoms with Crippen molar-refractivity contribution in [1.82, 2.24) is 14.7 Å². The first-order chi connectivity index (χ1) is 15.7. The molecule has 1 aliphatic rings. The topological polar surface area (TPSA) is 38.8 Å². The van der Waals surface area contributed by atoms with Gasteiger partial charge < -0.3 is 15.1 Å². The normalized spacial score (nSPS) is 14.3. The summed E-state index contributed by atoms with van der Waals surface area (Å²) in [5, 5.41) is 3.32. The van der Waals surface area contributed by atoms with E-state index in [0.29, 0.717) is 18.7 Å². The summed E-state index contributed by atoms with van der Waals surface area (Å²) in [6, 6.07) is 11.2. The van der Waals surface area contributed by atoms with Crippen LogP contribution in [0.25, 0.3) is 0 Å². The Bertz CT molecular complexity index is 928. The molecule has 1 N–H and O–H groups in total. The lowest BCUT2D eigenvalue weighted by molar-refractivity contribution is -0.137. The lowest BCUT2D eigenvalue weighted by Gasteiger charge is -2.30. The number of carbonyl (C=O) groups excluding carboxylic acids is 1. The van der Waals surface area contributed by atoms with Crippen molar-refractivity contribution in [2.45, 2.75) is 32.6 Å². The highest BCUT2D eigenvalue weighted by Gasteiger charge is 2.30. The molecule has 5 nitrogen and oxygen atoms in total. The molecule has 180 valence electrons. The third-order valence-electron chi connectivity index (χ3n) is 6.05. The molecule has 0 radical (unpaired) electrons. The molecule has 1 aliphatic heterocycles. The van der Waals surface area contributed by atoms with Crippen LogP contribution in [0, 0.1) is 0 Å². The number of amides is 1. The van der Waals surface area contributed by atoms with Crippen molar-refractivity contribution in [3.05, 3.63) is 64.7 Å². The molecule has 0 saturated heterocycles. The number of rotatable bonds is 9. The number of carbonyl (C=O) groups is 1. The molecule has 8 heteroatoms. The third-order valence-corrected chi connectivity index (χ3v) is 6.05. The Hall–Kier alpha value is -2.58. The molecular weight excluding hydrogens is 429 g/mol. The van der Waals surface area contributed by atoms with Crippen molar-refractivity contribution in [2.75, 3.05) is 52.1 Å². The van der Waals surface area contributed by atoms with Gasteiger partial charge in [-0.25, -0.2) is 0 Å². The summed E-state index contributed by atoms with van der Waals surface area (Å²) in [4.78, 5) is 19.2. The molecule has 3 rings (SSSR count). The Morgan fingerprint density at radius 2 is 1.82 bits per heavy atom. The first-order valence-corrected chi connectivity index (χ1v) is 11.3. The SMILES string of the molecule is CCN1CCc2cccc(NCC(=O)N(CCN(C)C)Cc3ccc(C(F)(F)F)cc3)c2C1. The van der Waals surface area contributed by atoms with E-state index < -0.39 is 11.7 Å². The number of benzene rings is 2. The molecule has 1 amide bonds. The monoisotopic (exact) mass is 462 g/mol. The van der Waals surface area contributed by atoms with Crippen molar-refractivity contribution < 1.29 is 18.0 Å². The zero-order valence-electron chi connectivity index (χ0n) is 19.6. The highest BCUT2D eigenvalue weighted by Crippen LogP contribution is 2.29. The van der Waals surface area contributed by atoms with Crippen molar-refractivity contribution in [3.8, 4) is 0 Å². The van der Waals surface area contributed by atoms with Crippen LogP contribution in [0.2, 0.25) is 0 Å². The molecule has 2 aromatic carbocycles. The molecule has 0 fully saturated rings. The molecule has 0 aromatic heterocycles.